The van der Waals surface area contributed by atoms with Crippen LogP contribution in [0.1, 0.15) is 76.2 Å². The first kappa shape index (κ1) is 26.9. The monoisotopic (exact) mass is 488 g/mol. The third kappa shape index (κ3) is 6.30. The topological polar surface area (TPSA) is 35.5 Å². The van der Waals surface area contributed by atoms with Crippen LogP contribution in [0.2, 0.25) is 5.04 Å². The van der Waals surface area contributed by atoms with Crippen LogP contribution in [0, 0.1) is 0 Å². The predicted octanol–water partition coefficient (Wildman–Crippen LogP) is 6.71. The van der Waals surface area contributed by atoms with Gasteiger partial charge in [-0.1, -0.05) is 100 Å². The van der Waals surface area contributed by atoms with Crippen molar-refractivity contribution in [1.29, 1.82) is 0 Å². The zero-order valence-electron chi connectivity index (χ0n) is 22.1. The molecule has 0 radical (unpaired) electrons. The van der Waals surface area contributed by atoms with E-state index in [1.807, 2.05) is 31.2 Å². The Balaban J connectivity index is 1.79. The van der Waals surface area contributed by atoms with Gasteiger partial charge in [0.1, 0.15) is 0 Å². The fourth-order valence-corrected chi connectivity index (χ4v) is 9.60. The standard InChI is InChI=1S/C31H40O3Si/c1-7-33-30(32)27-22-20-26(21-23-27)24(2)18-19-25(3)34-35(31(4,5)6,28-14-10-8-11-15-28)29-16-12-9-13-17-29/h8-17,20-25H,7,18-19H2,1-6H3/t24-,25+/m0/s1. The molecule has 3 aromatic rings. The third-order valence-electron chi connectivity index (χ3n) is 6.79. The van der Waals surface area contributed by atoms with E-state index in [0.29, 0.717) is 18.1 Å². The van der Waals surface area contributed by atoms with Gasteiger partial charge in [-0.3, -0.25) is 0 Å². The number of rotatable bonds is 10. The van der Waals surface area contributed by atoms with Crippen molar-refractivity contribution in [2.75, 3.05) is 6.61 Å². The van der Waals surface area contributed by atoms with Gasteiger partial charge >= 0.3 is 5.97 Å². The molecule has 4 heteroatoms. The maximum absolute atomic E-state index is 12.0. The van der Waals surface area contributed by atoms with Gasteiger partial charge in [0.25, 0.3) is 8.32 Å². The summed E-state index contributed by atoms with van der Waals surface area (Å²) < 4.78 is 12.3. The van der Waals surface area contributed by atoms with Crippen LogP contribution in [0.25, 0.3) is 0 Å². The molecule has 0 aliphatic carbocycles. The lowest BCUT2D eigenvalue weighted by Gasteiger charge is -2.44. The van der Waals surface area contributed by atoms with E-state index in [0.717, 1.165) is 12.8 Å². The number of carbonyl (C=O) groups excluding carboxylic acids is 1. The molecule has 0 bridgehead atoms. The normalized spacial score (nSPS) is 13.8. The van der Waals surface area contributed by atoms with Gasteiger partial charge in [0.05, 0.1) is 12.2 Å². The Hall–Kier alpha value is -2.69. The minimum Gasteiger partial charge on any atom is -0.462 e. The summed E-state index contributed by atoms with van der Waals surface area (Å²) in [5, 5.41) is 2.60. The molecule has 0 unspecified atom stereocenters. The molecule has 0 heterocycles. The molecule has 186 valence electrons. The highest BCUT2D eigenvalue weighted by atomic mass is 28.4. The molecule has 35 heavy (non-hydrogen) atoms. The molecule has 3 aromatic carbocycles. The molecule has 0 aliphatic rings. The molecule has 3 nitrogen and oxygen atoms in total. The van der Waals surface area contributed by atoms with Gasteiger partial charge < -0.3 is 9.16 Å². The Morgan fingerprint density at radius 1 is 0.800 bits per heavy atom. The Labute approximate surface area is 212 Å². The van der Waals surface area contributed by atoms with Gasteiger partial charge in [-0.15, -0.1) is 0 Å². The van der Waals surface area contributed by atoms with E-state index in [1.54, 1.807) is 0 Å². The van der Waals surface area contributed by atoms with E-state index in [4.69, 9.17) is 9.16 Å². The minimum absolute atomic E-state index is 0.0293. The fraction of sp³-hybridized carbons (Fsp3) is 0.387. The van der Waals surface area contributed by atoms with Crippen LogP contribution in [0.3, 0.4) is 0 Å². The molecule has 0 spiro atoms. The second-order valence-corrected chi connectivity index (χ2v) is 14.7. The summed E-state index contributed by atoms with van der Waals surface area (Å²) in [6.45, 7) is 13.6. The average molecular weight is 489 g/mol. The highest BCUT2D eigenvalue weighted by Gasteiger charge is 2.50. The maximum atomic E-state index is 12.0. The van der Waals surface area contributed by atoms with Crippen LogP contribution in [0.15, 0.2) is 84.9 Å². The average Bonchev–Trinajstić information content (AvgIpc) is 2.86. The zero-order valence-corrected chi connectivity index (χ0v) is 23.1. The van der Waals surface area contributed by atoms with Crippen LogP contribution in [0.5, 0.6) is 0 Å². The number of hydrogen-bond donors (Lipinski definition) is 0. The van der Waals surface area contributed by atoms with Gasteiger partial charge in [0.2, 0.25) is 0 Å². The summed E-state index contributed by atoms with van der Waals surface area (Å²) in [5.74, 6) is 0.107. The van der Waals surface area contributed by atoms with Crippen LogP contribution >= 0.6 is 0 Å². The van der Waals surface area contributed by atoms with E-state index < -0.39 is 8.32 Å². The van der Waals surface area contributed by atoms with Gasteiger partial charge in [0.15, 0.2) is 0 Å². The van der Waals surface area contributed by atoms with Crippen molar-refractivity contribution < 1.29 is 14.0 Å². The second-order valence-electron chi connectivity index (χ2n) is 10.4. The largest absolute Gasteiger partial charge is 0.462 e. The Bertz CT molecular complexity index is 1020. The van der Waals surface area contributed by atoms with Crippen LogP contribution in [-0.2, 0) is 9.16 Å². The highest BCUT2D eigenvalue weighted by Crippen LogP contribution is 2.38. The molecule has 0 saturated carbocycles. The molecule has 3 rings (SSSR count). The molecule has 0 N–H and O–H groups in total. The molecular formula is C31H40O3Si. The van der Waals surface area contributed by atoms with Gasteiger partial charge in [-0.2, -0.15) is 0 Å². The number of carbonyl (C=O) groups is 1. The molecule has 0 fully saturated rings. The van der Waals surface area contributed by atoms with E-state index in [2.05, 4.69) is 95.3 Å². The maximum Gasteiger partial charge on any atom is 0.338 e. The fourth-order valence-electron chi connectivity index (χ4n) is 4.87. The van der Waals surface area contributed by atoms with Crippen molar-refractivity contribution >= 4 is 24.7 Å². The van der Waals surface area contributed by atoms with Crippen molar-refractivity contribution in [1.82, 2.24) is 0 Å². The first-order chi connectivity index (χ1) is 16.7. The number of benzene rings is 3. The second kappa shape index (κ2) is 11.8. The van der Waals surface area contributed by atoms with E-state index >= 15 is 0 Å². The number of esters is 1. The van der Waals surface area contributed by atoms with Crippen molar-refractivity contribution in [2.45, 2.75) is 71.4 Å². The van der Waals surface area contributed by atoms with Crippen LogP contribution in [0.4, 0.5) is 0 Å². The van der Waals surface area contributed by atoms with E-state index in [1.165, 1.54) is 15.9 Å². The zero-order chi connectivity index (χ0) is 25.5. The predicted molar refractivity (Wildman–Crippen MR) is 148 cm³/mol. The van der Waals surface area contributed by atoms with Gasteiger partial charge in [-0.25, -0.2) is 4.79 Å². The van der Waals surface area contributed by atoms with Crippen molar-refractivity contribution in [3.05, 3.63) is 96.1 Å². The first-order valence-electron chi connectivity index (χ1n) is 12.7. The molecule has 0 aromatic heterocycles. The first-order valence-corrected chi connectivity index (χ1v) is 14.7. The Morgan fingerprint density at radius 3 is 1.77 bits per heavy atom. The Kier molecular flexibility index (Phi) is 9.09. The summed E-state index contributed by atoms with van der Waals surface area (Å²) in [4.78, 5) is 12.0. The van der Waals surface area contributed by atoms with Crippen molar-refractivity contribution in [3.8, 4) is 0 Å². The summed E-state index contributed by atoms with van der Waals surface area (Å²) >= 11 is 0. The molecule has 0 aliphatic heterocycles. The summed E-state index contributed by atoms with van der Waals surface area (Å²) in [6.07, 6.45) is 2.09. The summed E-state index contributed by atoms with van der Waals surface area (Å²) in [6, 6.07) is 29.5. The SMILES string of the molecule is CCOC(=O)c1ccc([C@@H](C)CC[C@@H](C)O[Si](c2ccccc2)(c2ccccc2)C(C)(C)C)cc1. The lowest BCUT2D eigenvalue weighted by atomic mass is 9.94. The van der Waals surface area contributed by atoms with Crippen LogP contribution < -0.4 is 10.4 Å². The molecule has 0 saturated heterocycles. The summed E-state index contributed by atoms with van der Waals surface area (Å²) in [5.41, 5.74) is 1.84. The quantitative estimate of drug-likeness (QED) is 0.235. The van der Waals surface area contributed by atoms with Gasteiger partial charge in [0, 0.05) is 6.10 Å². The number of ether oxygens (including phenoxy) is 1. The lowest BCUT2D eigenvalue weighted by Crippen LogP contribution is -2.67. The smallest absolute Gasteiger partial charge is 0.338 e. The van der Waals surface area contributed by atoms with E-state index in [9.17, 15) is 4.79 Å². The number of hydrogen-bond acceptors (Lipinski definition) is 3. The van der Waals surface area contributed by atoms with Crippen LogP contribution in [-0.4, -0.2) is 27.0 Å². The highest BCUT2D eigenvalue weighted by molar-refractivity contribution is 6.99. The Morgan fingerprint density at radius 2 is 1.31 bits per heavy atom. The van der Waals surface area contributed by atoms with Crippen molar-refractivity contribution in [3.63, 3.8) is 0 Å². The van der Waals surface area contributed by atoms with Crippen molar-refractivity contribution in [2.24, 2.45) is 0 Å². The summed E-state index contributed by atoms with van der Waals surface area (Å²) in [7, 11) is -2.54. The molecular weight excluding hydrogens is 448 g/mol. The third-order valence-corrected chi connectivity index (χ3v) is 12.0. The molecule has 2 atom stereocenters. The lowest BCUT2D eigenvalue weighted by molar-refractivity contribution is 0.0526. The molecule has 0 amide bonds. The van der Waals surface area contributed by atoms with Gasteiger partial charge in [-0.05, 0) is 65.7 Å². The minimum atomic E-state index is -2.54. The van der Waals surface area contributed by atoms with E-state index in [-0.39, 0.29) is 17.1 Å².